The summed E-state index contributed by atoms with van der Waals surface area (Å²) in [6.07, 6.45) is -0.109. The topological polar surface area (TPSA) is 388 Å². The lowest BCUT2D eigenvalue weighted by atomic mass is 10.1. The van der Waals surface area contributed by atoms with Gasteiger partial charge in [0.2, 0.25) is 35.4 Å². The minimum atomic E-state index is -1.77. The van der Waals surface area contributed by atoms with Crippen molar-refractivity contribution >= 4 is 71.9 Å². The molecule has 1 saturated heterocycles. The SMILES string of the molecule is CC(=O)O.NCC(=O)NC(CCCN=C(N)N)C(=O)NCC(=O)NC(CC(=O)O)C(=O)NC(CO)C(=O)N1CCCC1C(=O)NC(CS)C(=O)O. The summed E-state index contributed by atoms with van der Waals surface area (Å²) >= 11 is 3.88. The van der Waals surface area contributed by atoms with Gasteiger partial charge >= 0.3 is 11.9 Å². The minimum absolute atomic E-state index is 0.0396. The first-order valence-corrected chi connectivity index (χ1v) is 15.9. The summed E-state index contributed by atoms with van der Waals surface area (Å²) in [5.74, 6) is -9.41. The average Bonchev–Trinajstić information content (AvgIpc) is 3.55. The van der Waals surface area contributed by atoms with Gasteiger partial charge in [0.05, 0.1) is 26.1 Å². The smallest absolute Gasteiger partial charge is 0.327 e. The van der Waals surface area contributed by atoms with Crippen molar-refractivity contribution in [1.29, 1.82) is 0 Å². The van der Waals surface area contributed by atoms with Crippen molar-refractivity contribution < 1.29 is 63.6 Å². The molecule has 1 fully saturated rings. The van der Waals surface area contributed by atoms with Crippen LogP contribution in [0.3, 0.4) is 0 Å². The van der Waals surface area contributed by atoms with Gasteiger partial charge in [0, 0.05) is 25.8 Å². The summed E-state index contributed by atoms with van der Waals surface area (Å²) in [7, 11) is 0. The van der Waals surface area contributed by atoms with E-state index in [1.807, 2.05) is 0 Å². The number of likely N-dealkylation sites (tertiary alicyclic amines) is 1. The van der Waals surface area contributed by atoms with Crippen LogP contribution in [0.5, 0.6) is 0 Å². The zero-order valence-corrected chi connectivity index (χ0v) is 28.6. The number of aliphatic imine (C=N–C) groups is 1. The van der Waals surface area contributed by atoms with Gasteiger partial charge in [0.1, 0.15) is 30.2 Å². The monoisotopic (exact) mass is 750 g/mol. The lowest BCUT2D eigenvalue weighted by molar-refractivity contribution is -0.145. The molecule has 6 amide bonds. The zero-order chi connectivity index (χ0) is 39.3. The van der Waals surface area contributed by atoms with Crippen LogP contribution in [0.1, 0.15) is 39.0 Å². The van der Waals surface area contributed by atoms with E-state index in [-0.39, 0.29) is 44.1 Å². The number of thiol groups is 1. The Labute approximate surface area is 296 Å². The van der Waals surface area contributed by atoms with Gasteiger partial charge in [-0.1, -0.05) is 0 Å². The number of nitrogens with zero attached hydrogens (tertiary/aromatic N) is 2. The molecule has 24 heteroatoms. The number of hydrogen-bond donors (Lipinski definition) is 13. The van der Waals surface area contributed by atoms with Gasteiger partial charge in [-0.25, -0.2) is 4.79 Å². The number of carbonyl (C=O) groups excluding carboxylic acids is 6. The van der Waals surface area contributed by atoms with Crippen LogP contribution in [-0.4, -0.2) is 153 Å². The predicted molar refractivity (Wildman–Crippen MR) is 179 cm³/mol. The van der Waals surface area contributed by atoms with Crippen molar-refractivity contribution in [2.24, 2.45) is 22.2 Å². The predicted octanol–water partition coefficient (Wildman–Crippen LogP) is -6.38. The van der Waals surface area contributed by atoms with Crippen LogP contribution in [-0.2, 0) is 43.2 Å². The zero-order valence-electron chi connectivity index (χ0n) is 27.7. The van der Waals surface area contributed by atoms with Crippen LogP contribution >= 0.6 is 12.6 Å². The lowest BCUT2D eigenvalue weighted by Gasteiger charge is -2.29. The molecule has 0 bridgehead atoms. The van der Waals surface area contributed by atoms with Crippen LogP contribution in [0.4, 0.5) is 0 Å². The molecule has 0 aromatic rings. The summed E-state index contributed by atoms with van der Waals surface area (Å²) in [4.78, 5) is 112. The minimum Gasteiger partial charge on any atom is -0.481 e. The Bertz CT molecular complexity index is 1290. The molecule has 0 saturated carbocycles. The van der Waals surface area contributed by atoms with E-state index >= 15 is 0 Å². The molecule has 1 heterocycles. The Hall–Kier alpha value is -5.23. The van der Waals surface area contributed by atoms with E-state index in [1.54, 1.807) is 0 Å². The summed E-state index contributed by atoms with van der Waals surface area (Å²) < 4.78 is 0. The van der Waals surface area contributed by atoms with Crippen LogP contribution in [0.15, 0.2) is 4.99 Å². The third-order valence-electron chi connectivity index (χ3n) is 6.67. The fourth-order valence-corrected chi connectivity index (χ4v) is 4.61. The number of hydrogen-bond acceptors (Lipinski definition) is 13. The number of rotatable bonds is 20. The summed E-state index contributed by atoms with van der Waals surface area (Å²) in [6.45, 7) is -0.873. The van der Waals surface area contributed by atoms with Crippen molar-refractivity contribution in [1.82, 2.24) is 31.5 Å². The average molecular weight is 751 g/mol. The fraction of sp³-hybridized carbons (Fsp3) is 0.630. The van der Waals surface area contributed by atoms with Crippen molar-refractivity contribution in [3.05, 3.63) is 0 Å². The van der Waals surface area contributed by atoms with Gasteiger partial charge in [-0.2, -0.15) is 12.6 Å². The number of nitrogens with one attached hydrogen (secondary N) is 5. The Kier molecular flexibility index (Phi) is 21.5. The third-order valence-corrected chi connectivity index (χ3v) is 7.03. The number of amides is 6. The number of carboxylic acids is 3. The Morgan fingerprint density at radius 2 is 1.49 bits per heavy atom. The highest BCUT2D eigenvalue weighted by Crippen LogP contribution is 2.19. The van der Waals surface area contributed by atoms with Gasteiger partial charge in [0.25, 0.3) is 5.97 Å². The fourth-order valence-electron chi connectivity index (χ4n) is 4.36. The maximum absolute atomic E-state index is 13.2. The Morgan fingerprint density at radius 3 is 2.00 bits per heavy atom. The molecule has 1 aliphatic heterocycles. The first-order valence-electron chi connectivity index (χ1n) is 15.3. The second kappa shape index (κ2) is 24.0. The number of aliphatic carboxylic acids is 3. The van der Waals surface area contributed by atoms with Gasteiger partial charge in [-0.15, -0.1) is 0 Å². The molecule has 1 rings (SSSR count). The molecule has 0 aromatic heterocycles. The second-order valence-corrected chi connectivity index (χ2v) is 11.1. The first kappa shape index (κ1) is 45.8. The molecule has 15 N–H and O–H groups in total. The van der Waals surface area contributed by atoms with E-state index in [0.717, 1.165) is 11.8 Å². The molecule has 0 aliphatic carbocycles. The normalized spacial score (nSPS) is 15.6. The third kappa shape index (κ3) is 18.4. The molecule has 0 aromatic carbocycles. The largest absolute Gasteiger partial charge is 0.481 e. The molecule has 51 heavy (non-hydrogen) atoms. The second-order valence-electron chi connectivity index (χ2n) is 10.7. The Morgan fingerprint density at radius 1 is 0.882 bits per heavy atom. The van der Waals surface area contributed by atoms with Gasteiger partial charge in [-0.05, 0) is 25.7 Å². The number of nitrogens with two attached hydrogens (primary N) is 3. The standard InChI is InChI=1S/C25H42N10O11S.C2H4O2/c26-8-17(37)31-12(3-1-5-29-25(27)28)20(41)30-9-18(38)32-13(7-19(39)40)21(42)33-14(10-36)23(44)35-6-2-4-16(35)22(43)34-15(11-47)24(45)46;1-2(3)4/h12-16,36,47H,1-11,26H2,(H,30,41)(H,31,37)(H,32,38)(H,33,42)(H,34,43)(H,39,40)(H,45,46)(H4,27,28,29);1H3,(H,3,4). The maximum atomic E-state index is 13.2. The van der Waals surface area contributed by atoms with Crippen molar-refractivity contribution in [2.45, 2.75) is 69.2 Å². The lowest BCUT2D eigenvalue weighted by Crippen LogP contribution is -2.59. The van der Waals surface area contributed by atoms with Gasteiger partial charge < -0.3 is 69.1 Å². The number of aliphatic hydroxyl groups is 1. The summed E-state index contributed by atoms with van der Waals surface area (Å²) in [5, 5.41) is 46.9. The van der Waals surface area contributed by atoms with E-state index in [1.165, 1.54) is 0 Å². The van der Waals surface area contributed by atoms with Crippen LogP contribution in [0, 0.1) is 0 Å². The Balaban J connectivity index is 0.00000591. The highest BCUT2D eigenvalue weighted by molar-refractivity contribution is 7.80. The highest BCUT2D eigenvalue weighted by Gasteiger charge is 2.39. The van der Waals surface area contributed by atoms with Crippen LogP contribution in [0.25, 0.3) is 0 Å². The summed E-state index contributed by atoms with van der Waals surface area (Å²) in [6, 6.07) is -7.00. The number of carboxylic acid groups (broad SMARTS) is 3. The number of carbonyl (C=O) groups is 9. The molecular weight excluding hydrogens is 704 g/mol. The molecule has 1 aliphatic rings. The van der Waals surface area contributed by atoms with Crippen molar-refractivity contribution in [2.75, 3.05) is 38.5 Å². The highest BCUT2D eigenvalue weighted by atomic mass is 32.1. The van der Waals surface area contributed by atoms with E-state index in [0.29, 0.717) is 6.42 Å². The van der Waals surface area contributed by atoms with Crippen LogP contribution in [0.2, 0.25) is 0 Å². The number of guanidine groups is 1. The van der Waals surface area contributed by atoms with Gasteiger partial charge in [0.15, 0.2) is 5.96 Å². The quantitative estimate of drug-likeness (QED) is 0.0238. The molecular formula is C27H46N10O13S. The molecule has 288 valence electrons. The van der Waals surface area contributed by atoms with Crippen molar-refractivity contribution in [3.8, 4) is 0 Å². The van der Waals surface area contributed by atoms with Crippen LogP contribution < -0.4 is 43.8 Å². The van der Waals surface area contributed by atoms with E-state index in [4.69, 9.17) is 27.1 Å². The van der Waals surface area contributed by atoms with Crippen molar-refractivity contribution in [3.63, 3.8) is 0 Å². The molecule has 0 spiro atoms. The molecule has 0 radical (unpaired) electrons. The van der Waals surface area contributed by atoms with E-state index < -0.39 is 110 Å². The van der Waals surface area contributed by atoms with E-state index in [9.17, 15) is 53.7 Å². The molecule has 5 atom stereocenters. The maximum Gasteiger partial charge on any atom is 0.327 e. The molecule has 5 unspecified atom stereocenters. The van der Waals surface area contributed by atoms with Gasteiger partial charge in [-0.3, -0.25) is 43.3 Å². The first-order chi connectivity index (χ1) is 23.9. The van der Waals surface area contributed by atoms with E-state index in [2.05, 4.69) is 44.2 Å². The molecule has 23 nitrogen and oxygen atoms in total. The summed E-state index contributed by atoms with van der Waals surface area (Å²) in [5.41, 5.74) is 15.8. The number of aliphatic hydroxyl groups excluding tert-OH is 1.